The van der Waals surface area contributed by atoms with Gasteiger partial charge >= 0.3 is 12.4 Å². The van der Waals surface area contributed by atoms with E-state index in [2.05, 4.69) is 14.5 Å². The summed E-state index contributed by atoms with van der Waals surface area (Å²) in [6, 6.07) is 5.50. The van der Waals surface area contributed by atoms with Crippen molar-refractivity contribution >= 4 is 20.0 Å². The lowest BCUT2D eigenvalue weighted by molar-refractivity contribution is -0.156. The molecule has 2 unspecified atom stereocenters. The standard InChI is InChI=1S/C20H20F6NO3P/c1-13(15-5-2-3-8-17(27-10-15)30-12-20(24,25)26)31-18(28)14-6-4-7-16(9-14)29-11-19(21,22)23/h3-4,6-10,13,31H,2,5,11-12H2,1H3. The highest BCUT2D eigenvalue weighted by Crippen LogP contribution is 2.33. The Morgan fingerprint density at radius 2 is 1.81 bits per heavy atom. The molecular formula is C20H20F6NO3P. The number of carbonyl (C=O) groups is 1. The lowest BCUT2D eigenvalue weighted by Crippen LogP contribution is -2.19. The Labute approximate surface area is 176 Å². The minimum atomic E-state index is -4.49. The van der Waals surface area contributed by atoms with Crippen LogP contribution in [0.5, 0.6) is 5.75 Å². The van der Waals surface area contributed by atoms with Crippen molar-refractivity contribution in [3.05, 3.63) is 53.8 Å². The van der Waals surface area contributed by atoms with Gasteiger partial charge in [0.2, 0.25) is 5.90 Å². The summed E-state index contributed by atoms with van der Waals surface area (Å²) in [5.74, 6) is -0.238. The number of allylic oxidation sites excluding steroid dienone is 2. The number of hydrogen-bond acceptors (Lipinski definition) is 4. The molecule has 2 rings (SSSR count). The van der Waals surface area contributed by atoms with E-state index >= 15 is 0 Å². The number of halogens is 6. The summed E-state index contributed by atoms with van der Waals surface area (Å²) in [5, 5.41) is 0. The molecule has 1 aliphatic rings. The van der Waals surface area contributed by atoms with E-state index in [1.807, 2.05) is 0 Å². The molecule has 1 aliphatic heterocycles. The van der Waals surface area contributed by atoms with E-state index in [1.165, 1.54) is 36.5 Å². The maximum absolute atomic E-state index is 12.6. The van der Waals surface area contributed by atoms with Crippen LogP contribution in [-0.4, -0.2) is 42.6 Å². The second kappa shape index (κ2) is 10.8. The summed E-state index contributed by atoms with van der Waals surface area (Å²) in [6.45, 7) is -1.13. The fraction of sp³-hybridized carbons (Fsp3) is 0.400. The second-order valence-corrected chi connectivity index (χ2v) is 8.25. The minimum absolute atomic E-state index is 0.0630. The van der Waals surface area contributed by atoms with Crippen LogP contribution < -0.4 is 4.74 Å². The Kier molecular flexibility index (Phi) is 8.68. The summed E-state index contributed by atoms with van der Waals surface area (Å²) in [6.07, 6.45) is -3.47. The molecular weight excluding hydrogens is 447 g/mol. The van der Waals surface area contributed by atoms with E-state index in [0.717, 1.165) is 5.57 Å². The van der Waals surface area contributed by atoms with Crippen molar-refractivity contribution in [3.8, 4) is 5.75 Å². The second-order valence-electron chi connectivity index (χ2n) is 6.64. The fourth-order valence-electron chi connectivity index (χ4n) is 2.52. The van der Waals surface area contributed by atoms with E-state index in [1.54, 1.807) is 13.0 Å². The molecule has 0 saturated heterocycles. The van der Waals surface area contributed by atoms with Crippen LogP contribution in [0.25, 0.3) is 0 Å². The van der Waals surface area contributed by atoms with Gasteiger partial charge in [-0.15, -0.1) is 0 Å². The van der Waals surface area contributed by atoms with Crippen LogP contribution in [0.2, 0.25) is 0 Å². The van der Waals surface area contributed by atoms with E-state index in [4.69, 9.17) is 0 Å². The summed E-state index contributed by atoms with van der Waals surface area (Å²) >= 11 is 0. The first kappa shape index (κ1) is 24.9. The van der Waals surface area contributed by atoms with Crippen LogP contribution in [-0.2, 0) is 4.74 Å². The SMILES string of the molecule is CC(PC(=O)c1cccc(OCC(F)(F)F)c1)C1=CN=C(OCC(F)(F)F)C=CCC1. The van der Waals surface area contributed by atoms with Gasteiger partial charge in [-0.1, -0.05) is 25.1 Å². The van der Waals surface area contributed by atoms with Crippen LogP contribution >= 0.6 is 8.58 Å². The minimum Gasteiger partial charge on any atom is -0.484 e. The van der Waals surface area contributed by atoms with Gasteiger partial charge in [0.1, 0.15) is 5.75 Å². The van der Waals surface area contributed by atoms with Crippen molar-refractivity contribution < 1.29 is 40.6 Å². The average molecular weight is 467 g/mol. The zero-order chi connectivity index (χ0) is 23.1. The number of nitrogens with zero attached hydrogens (tertiary/aromatic N) is 1. The highest BCUT2D eigenvalue weighted by atomic mass is 31.1. The predicted molar refractivity (Wildman–Crippen MR) is 106 cm³/mol. The molecule has 4 nitrogen and oxygen atoms in total. The third-order valence-electron chi connectivity index (χ3n) is 4.00. The number of alkyl halides is 6. The number of hydrogen-bond donors (Lipinski definition) is 0. The van der Waals surface area contributed by atoms with Gasteiger partial charge in [-0.05, 0) is 45.2 Å². The Morgan fingerprint density at radius 1 is 1.13 bits per heavy atom. The van der Waals surface area contributed by atoms with E-state index in [9.17, 15) is 31.1 Å². The topological polar surface area (TPSA) is 47.9 Å². The smallest absolute Gasteiger partial charge is 0.422 e. The Bertz CT molecular complexity index is 861. The van der Waals surface area contributed by atoms with Gasteiger partial charge in [0.25, 0.3) is 0 Å². The third-order valence-corrected chi connectivity index (χ3v) is 5.36. The Morgan fingerprint density at radius 3 is 2.48 bits per heavy atom. The number of aliphatic imine (C=N–C) groups is 1. The van der Waals surface area contributed by atoms with Gasteiger partial charge in [-0.2, -0.15) is 26.3 Å². The van der Waals surface area contributed by atoms with Crippen LogP contribution in [0.15, 0.2) is 53.2 Å². The number of ether oxygens (including phenoxy) is 2. The van der Waals surface area contributed by atoms with Crippen molar-refractivity contribution in [2.75, 3.05) is 13.2 Å². The van der Waals surface area contributed by atoms with Crippen LogP contribution in [0.4, 0.5) is 26.3 Å². The van der Waals surface area contributed by atoms with Gasteiger partial charge in [0.15, 0.2) is 18.7 Å². The predicted octanol–water partition coefficient (Wildman–Crippen LogP) is 6.05. The molecule has 2 atom stereocenters. The lowest BCUT2D eigenvalue weighted by Gasteiger charge is -2.16. The number of benzene rings is 1. The van der Waals surface area contributed by atoms with Crippen LogP contribution in [0.3, 0.4) is 0 Å². The quantitative estimate of drug-likeness (QED) is 0.363. The first-order valence-corrected chi connectivity index (χ1v) is 10.2. The molecule has 0 aliphatic carbocycles. The highest BCUT2D eigenvalue weighted by molar-refractivity contribution is 7.59. The van der Waals surface area contributed by atoms with Crippen molar-refractivity contribution in [3.63, 3.8) is 0 Å². The molecule has 1 heterocycles. The Hall–Kier alpha value is -2.35. The monoisotopic (exact) mass is 467 g/mol. The van der Waals surface area contributed by atoms with Gasteiger partial charge in [-0.3, -0.25) is 4.79 Å². The summed E-state index contributed by atoms with van der Waals surface area (Å²) in [5.41, 5.74) is 0.440. The maximum Gasteiger partial charge on any atom is 0.422 e. The van der Waals surface area contributed by atoms with Gasteiger partial charge in [0.05, 0.1) is 0 Å². The first-order valence-electron chi connectivity index (χ1n) is 9.16. The van der Waals surface area contributed by atoms with E-state index in [-0.39, 0.29) is 37.0 Å². The van der Waals surface area contributed by atoms with Gasteiger partial charge in [0, 0.05) is 17.4 Å². The zero-order valence-electron chi connectivity index (χ0n) is 16.4. The normalized spacial score (nSPS) is 16.4. The fourth-order valence-corrected chi connectivity index (χ4v) is 3.64. The maximum atomic E-state index is 12.6. The lowest BCUT2D eigenvalue weighted by atomic mass is 10.1. The van der Waals surface area contributed by atoms with E-state index < -0.39 is 25.6 Å². The van der Waals surface area contributed by atoms with Crippen LogP contribution in [0, 0.1) is 0 Å². The molecule has 0 amide bonds. The van der Waals surface area contributed by atoms with Gasteiger partial charge < -0.3 is 9.47 Å². The molecule has 0 aromatic heterocycles. The largest absolute Gasteiger partial charge is 0.484 e. The van der Waals surface area contributed by atoms with Crippen molar-refractivity contribution in [2.45, 2.75) is 37.8 Å². The zero-order valence-corrected chi connectivity index (χ0v) is 17.4. The molecule has 0 N–H and O–H groups in total. The molecule has 31 heavy (non-hydrogen) atoms. The Balaban J connectivity index is 2.03. The summed E-state index contributed by atoms with van der Waals surface area (Å²) < 4.78 is 83.2. The molecule has 0 spiro atoms. The van der Waals surface area contributed by atoms with E-state index in [0.29, 0.717) is 12.8 Å². The molecule has 0 fully saturated rings. The van der Waals surface area contributed by atoms with Gasteiger partial charge in [-0.25, -0.2) is 4.99 Å². The summed E-state index contributed by atoms with van der Waals surface area (Å²) in [7, 11) is -0.245. The van der Waals surface area contributed by atoms with Crippen molar-refractivity contribution in [2.24, 2.45) is 4.99 Å². The van der Waals surface area contributed by atoms with Crippen molar-refractivity contribution in [1.82, 2.24) is 0 Å². The van der Waals surface area contributed by atoms with Crippen molar-refractivity contribution in [1.29, 1.82) is 0 Å². The third kappa shape index (κ3) is 9.55. The number of carbonyl (C=O) groups excluding carboxylic acids is 1. The molecule has 1 aromatic carbocycles. The van der Waals surface area contributed by atoms with Crippen LogP contribution in [0.1, 0.15) is 30.1 Å². The molecule has 1 aromatic rings. The molecule has 0 saturated carbocycles. The molecule has 0 radical (unpaired) electrons. The first-order chi connectivity index (χ1) is 14.4. The summed E-state index contributed by atoms with van der Waals surface area (Å²) in [4.78, 5) is 16.5. The average Bonchev–Trinajstić information content (AvgIpc) is 2.64. The molecule has 170 valence electrons. The molecule has 11 heteroatoms. The number of rotatable bonds is 7. The molecule has 0 bridgehead atoms. The highest BCUT2D eigenvalue weighted by Gasteiger charge is 2.29.